The molecule has 0 aromatic rings. The normalized spacial score (nSPS) is 29.2. The van der Waals surface area contributed by atoms with Crippen LogP contribution in [0.1, 0.15) is 66.2 Å². The molecule has 0 aromatic carbocycles. The van der Waals surface area contributed by atoms with Crippen LogP contribution >= 0.6 is 0 Å². The average Bonchev–Trinajstić information content (AvgIpc) is 2.25. The van der Waals surface area contributed by atoms with Crippen LogP contribution in [0.25, 0.3) is 0 Å². The van der Waals surface area contributed by atoms with Crippen molar-refractivity contribution in [3.63, 3.8) is 0 Å². The molecule has 1 aliphatic rings. The Balaban J connectivity index is 2.12. The van der Waals surface area contributed by atoms with Gasteiger partial charge in [0, 0.05) is 12.6 Å². The predicted octanol–water partition coefficient (Wildman–Crippen LogP) is 4.00. The second-order valence-electron chi connectivity index (χ2n) is 7.09. The molecule has 0 radical (unpaired) electrons. The fourth-order valence-electron chi connectivity index (χ4n) is 3.33. The predicted molar refractivity (Wildman–Crippen MR) is 78.9 cm³/mol. The highest BCUT2D eigenvalue weighted by atomic mass is 16.5. The van der Waals surface area contributed by atoms with Crippen LogP contribution in [0.4, 0.5) is 0 Å². The molecule has 0 heterocycles. The van der Waals surface area contributed by atoms with Crippen LogP contribution in [0.2, 0.25) is 0 Å². The van der Waals surface area contributed by atoms with Crippen LogP contribution in [0.3, 0.4) is 0 Å². The Labute approximate surface area is 114 Å². The second kappa shape index (κ2) is 7.49. The molecule has 0 amide bonds. The van der Waals surface area contributed by atoms with Gasteiger partial charge in [0.05, 0.1) is 6.10 Å². The van der Waals surface area contributed by atoms with Crippen LogP contribution in [0, 0.1) is 11.3 Å². The van der Waals surface area contributed by atoms with Crippen molar-refractivity contribution >= 4 is 0 Å². The minimum Gasteiger partial charge on any atom is -0.378 e. The molecule has 0 bridgehead atoms. The first-order valence-corrected chi connectivity index (χ1v) is 7.72. The summed E-state index contributed by atoms with van der Waals surface area (Å²) in [6.45, 7) is 10.3. The van der Waals surface area contributed by atoms with Gasteiger partial charge in [0.1, 0.15) is 0 Å². The first-order chi connectivity index (χ1) is 8.43. The molecule has 3 atom stereocenters. The average molecular weight is 255 g/mol. The number of unbranched alkanes of at least 4 members (excludes halogenated alkanes) is 1. The van der Waals surface area contributed by atoms with E-state index < -0.39 is 0 Å². The Morgan fingerprint density at radius 2 is 2.00 bits per heavy atom. The van der Waals surface area contributed by atoms with E-state index in [2.05, 4.69) is 33.0 Å². The zero-order chi connectivity index (χ0) is 13.6. The Morgan fingerprint density at radius 3 is 2.61 bits per heavy atom. The number of rotatable bonds is 7. The molecule has 3 unspecified atom stereocenters. The summed E-state index contributed by atoms with van der Waals surface area (Å²) in [5.74, 6) is 0.822. The minimum absolute atomic E-state index is 0.475. The Bertz CT molecular complexity index is 227. The maximum Gasteiger partial charge on any atom is 0.0582 e. The van der Waals surface area contributed by atoms with Crippen molar-refractivity contribution in [1.82, 2.24) is 5.32 Å². The van der Waals surface area contributed by atoms with Crippen molar-refractivity contribution in [2.24, 2.45) is 11.3 Å². The van der Waals surface area contributed by atoms with Gasteiger partial charge in [0.15, 0.2) is 0 Å². The number of nitrogens with one attached hydrogen (secondary N) is 1. The molecule has 18 heavy (non-hydrogen) atoms. The van der Waals surface area contributed by atoms with Crippen molar-refractivity contribution in [2.75, 3.05) is 13.7 Å². The largest absolute Gasteiger partial charge is 0.378 e. The summed E-state index contributed by atoms with van der Waals surface area (Å²) in [5, 5.41) is 3.28. The monoisotopic (exact) mass is 255 g/mol. The van der Waals surface area contributed by atoms with Crippen molar-refractivity contribution in [3.8, 4) is 0 Å². The highest BCUT2D eigenvalue weighted by molar-refractivity contribution is 4.83. The van der Waals surface area contributed by atoms with Gasteiger partial charge in [-0.3, -0.25) is 0 Å². The maximum absolute atomic E-state index is 6.08. The lowest BCUT2D eigenvalue weighted by atomic mass is 9.71. The quantitative estimate of drug-likeness (QED) is 0.694. The molecule has 0 aromatic heterocycles. The summed E-state index contributed by atoms with van der Waals surface area (Å²) >= 11 is 0. The van der Waals surface area contributed by atoms with E-state index in [0.717, 1.165) is 12.5 Å². The SMILES string of the molecule is CNC(C)CCCCOC1CC(C)CC(C)(C)C1. The summed E-state index contributed by atoms with van der Waals surface area (Å²) in [7, 11) is 2.03. The molecule has 1 aliphatic carbocycles. The van der Waals surface area contributed by atoms with E-state index in [1.165, 1.54) is 38.5 Å². The fourth-order valence-corrected chi connectivity index (χ4v) is 3.33. The number of hydrogen-bond donors (Lipinski definition) is 1. The van der Waals surface area contributed by atoms with E-state index in [4.69, 9.17) is 4.74 Å². The number of ether oxygens (including phenoxy) is 1. The lowest BCUT2D eigenvalue weighted by Gasteiger charge is -2.38. The Morgan fingerprint density at radius 1 is 1.28 bits per heavy atom. The first kappa shape index (κ1) is 16.0. The van der Waals surface area contributed by atoms with Crippen molar-refractivity contribution in [3.05, 3.63) is 0 Å². The van der Waals surface area contributed by atoms with E-state index in [1.54, 1.807) is 0 Å². The van der Waals surface area contributed by atoms with Gasteiger partial charge < -0.3 is 10.1 Å². The third-order valence-electron chi connectivity index (χ3n) is 4.22. The van der Waals surface area contributed by atoms with Crippen molar-refractivity contribution in [1.29, 1.82) is 0 Å². The maximum atomic E-state index is 6.08. The highest BCUT2D eigenvalue weighted by Crippen LogP contribution is 2.39. The van der Waals surface area contributed by atoms with Gasteiger partial charge in [-0.1, -0.05) is 20.8 Å². The van der Waals surface area contributed by atoms with Gasteiger partial charge in [0.2, 0.25) is 0 Å². The zero-order valence-electron chi connectivity index (χ0n) is 13.1. The molecule has 1 saturated carbocycles. The molecular weight excluding hydrogens is 222 g/mol. The molecule has 1 rings (SSSR count). The third-order valence-corrected chi connectivity index (χ3v) is 4.22. The fraction of sp³-hybridized carbons (Fsp3) is 1.00. The molecular formula is C16H33NO. The Hall–Kier alpha value is -0.0800. The van der Waals surface area contributed by atoms with Crippen molar-refractivity contribution < 1.29 is 4.74 Å². The molecule has 108 valence electrons. The first-order valence-electron chi connectivity index (χ1n) is 7.72. The lowest BCUT2D eigenvalue weighted by Crippen LogP contribution is -2.32. The molecule has 0 saturated heterocycles. The topological polar surface area (TPSA) is 21.3 Å². The van der Waals surface area contributed by atoms with E-state index in [9.17, 15) is 0 Å². The molecule has 1 fully saturated rings. The zero-order valence-corrected chi connectivity index (χ0v) is 13.1. The van der Waals surface area contributed by atoms with E-state index in [0.29, 0.717) is 17.6 Å². The third kappa shape index (κ3) is 6.19. The molecule has 0 aliphatic heterocycles. The number of hydrogen-bond acceptors (Lipinski definition) is 2. The van der Waals surface area contributed by atoms with E-state index >= 15 is 0 Å². The van der Waals surface area contributed by atoms with E-state index in [1.807, 2.05) is 7.05 Å². The van der Waals surface area contributed by atoms with Gasteiger partial charge >= 0.3 is 0 Å². The summed E-state index contributed by atoms with van der Waals surface area (Å²) in [4.78, 5) is 0. The van der Waals surface area contributed by atoms with Crippen LogP contribution in [-0.4, -0.2) is 25.8 Å². The van der Waals surface area contributed by atoms with Gasteiger partial charge in [-0.25, -0.2) is 0 Å². The Kier molecular flexibility index (Phi) is 6.65. The summed E-state index contributed by atoms with van der Waals surface area (Å²) in [6, 6.07) is 0.638. The standard InChI is InChI=1S/C16H33NO/c1-13-10-15(12-16(3,4)11-13)18-9-7-6-8-14(2)17-5/h13-15,17H,6-12H2,1-5H3. The van der Waals surface area contributed by atoms with E-state index in [-0.39, 0.29) is 0 Å². The van der Waals surface area contributed by atoms with Crippen LogP contribution in [-0.2, 0) is 4.74 Å². The van der Waals surface area contributed by atoms with Crippen LogP contribution in [0.5, 0.6) is 0 Å². The van der Waals surface area contributed by atoms with Crippen molar-refractivity contribution in [2.45, 2.75) is 78.4 Å². The summed E-state index contributed by atoms with van der Waals surface area (Å²) in [5.41, 5.74) is 0.475. The van der Waals surface area contributed by atoms with Crippen LogP contribution in [0.15, 0.2) is 0 Å². The van der Waals surface area contributed by atoms with Gasteiger partial charge in [-0.05, 0) is 63.8 Å². The molecule has 0 spiro atoms. The summed E-state index contributed by atoms with van der Waals surface area (Å²) in [6.07, 6.45) is 8.09. The lowest BCUT2D eigenvalue weighted by molar-refractivity contribution is -0.0241. The smallest absolute Gasteiger partial charge is 0.0582 e. The summed E-state index contributed by atoms with van der Waals surface area (Å²) < 4.78 is 6.08. The second-order valence-corrected chi connectivity index (χ2v) is 7.09. The van der Waals surface area contributed by atoms with Gasteiger partial charge in [-0.15, -0.1) is 0 Å². The molecule has 1 N–H and O–H groups in total. The minimum atomic E-state index is 0.475. The van der Waals surface area contributed by atoms with Gasteiger partial charge in [0.25, 0.3) is 0 Å². The molecule has 2 heteroatoms. The molecule has 2 nitrogen and oxygen atoms in total. The van der Waals surface area contributed by atoms with Gasteiger partial charge in [-0.2, -0.15) is 0 Å². The highest BCUT2D eigenvalue weighted by Gasteiger charge is 2.32. The van der Waals surface area contributed by atoms with Crippen LogP contribution < -0.4 is 5.32 Å².